The van der Waals surface area contributed by atoms with E-state index < -0.39 is 29.6 Å². The maximum absolute atomic E-state index is 13.1. The Bertz CT molecular complexity index is 684. The van der Waals surface area contributed by atoms with Crippen LogP contribution in [0.3, 0.4) is 0 Å². The highest BCUT2D eigenvalue weighted by molar-refractivity contribution is 7.14. The van der Waals surface area contributed by atoms with E-state index in [1.165, 1.54) is 11.3 Å². The summed E-state index contributed by atoms with van der Waals surface area (Å²) in [4.78, 5) is 10.1. The molecule has 1 amide bonds. The zero-order valence-electron chi connectivity index (χ0n) is 12.3. The van der Waals surface area contributed by atoms with Gasteiger partial charge in [-0.3, -0.25) is 4.79 Å². The van der Waals surface area contributed by atoms with Gasteiger partial charge in [0.05, 0.1) is 6.04 Å². The highest BCUT2D eigenvalue weighted by Gasteiger charge is 2.25. The minimum Gasteiger partial charge on any atom is -0.386 e. The zero-order valence-corrected chi connectivity index (χ0v) is 14.7. The maximum Gasteiger partial charge on any atom is 0.253 e. The average molecular weight is 393 g/mol. The van der Waals surface area contributed by atoms with E-state index in [1.54, 1.807) is 24.3 Å². The molecule has 0 saturated heterocycles. The van der Waals surface area contributed by atoms with Crippen LogP contribution < -0.4 is 11.1 Å². The molecule has 0 aliphatic carbocycles. The number of nitrogens with one attached hydrogen (secondary N) is 1. The first kappa shape index (κ1) is 19.0. The fraction of sp³-hybridized carbons (Fsp3) is 0.357. The molecule has 2 rings (SSSR count). The Balaban J connectivity index is 2.12. The van der Waals surface area contributed by atoms with Gasteiger partial charge in [0.2, 0.25) is 0 Å². The number of aliphatic hydroxyl groups is 1. The second kappa shape index (κ2) is 8.68. The number of hydrogen-bond donors (Lipinski definition) is 3. The molecule has 2 atom stereocenters. The molecule has 0 spiro atoms. The monoisotopic (exact) mass is 392 g/mol. The molecule has 2 aromatic rings. The third kappa shape index (κ3) is 4.61. The normalized spacial score (nSPS) is 13.8. The zero-order chi connectivity index (χ0) is 17.7. The van der Waals surface area contributed by atoms with Gasteiger partial charge in [0, 0.05) is 12.1 Å². The molecule has 0 aliphatic rings. The molecule has 1 heterocycles. The van der Waals surface area contributed by atoms with E-state index in [-0.39, 0.29) is 0 Å². The average Bonchev–Trinajstić information content (AvgIpc) is 3.08. The van der Waals surface area contributed by atoms with Crippen LogP contribution in [0.4, 0.5) is 4.39 Å². The number of aliphatic hydroxyl groups excluding tert-OH is 1. The third-order valence-corrected chi connectivity index (χ3v) is 4.60. The summed E-state index contributed by atoms with van der Waals surface area (Å²) in [6, 6.07) is 5.55. The van der Waals surface area contributed by atoms with Crippen LogP contribution in [0.15, 0.2) is 24.3 Å². The van der Waals surface area contributed by atoms with Crippen LogP contribution in [0.2, 0.25) is 0 Å². The molecule has 1 aromatic heterocycles. The SMILES string of the molecule is NCc1nnc(-c2ccc([C@@H](O)[C@@H](CF)NC(=O)C(Cl)Cl)cc2)s1. The Kier molecular flexibility index (Phi) is 6.88. The number of alkyl halides is 3. The summed E-state index contributed by atoms with van der Waals surface area (Å²) in [5.41, 5.74) is 6.73. The lowest BCUT2D eigenvalue weighted by atomic mass is 10.0. The van der Waals surface area contributed by atoms with E-state index in [4.69, 9.17) is 28.9 Å². The molecule has 0 unspecified atom stereocenters. The van der Waals surface area contributed by atoms with Crippen LogP contribution in [-0.2, 0) is 11.3 Å². The van der Waals surface area contributed by atoms with E-state index in [9.17, 15) is 14.3 Å². The molecule has 24 heavy (non-hydrogen) atoms. The first-order valence-corrected chi connectivity index (χ1v) is 8.60. The molecule has 10 heteroatoms. The van der Waals surface area contributed by atoms with E-state index in [2.05, 4.69) is 15.5 Å². The number of hydrogen-bond acceptors (Lipinski definition) is 6. The fourth-order valence-electron chi connectivity index (χ4n) is 1.96. The summed E-state index contributed by atoms with van der Waals surface area (Å²) in [6.45, 7) is -0.653. The second-order valence-corrected chi connectivity index (χ2v) is 7.00. The molecule has 0 bridgehead atoms. The number of amides is 1. The lowest BCUT2D eigenvalue weighted by molar-refractivity contribution is -0.121. The van der Waals surface area contributed by atoms with Crippen molar-refractivity contribution >= 4 is 40.4 Å². The van der Waals surface area contributed by atoms with Crippen molar-refractivity contribution in [3.63, 3.8) is 0 Å². The minimum atomic E-state index is -1.33. The molecule has 0 fully saturated rings. The number of rotatable bonds is 7. The van der Waals surface area contributed by atoms with Gasteiger partial charge in [0.15, 0.2) is 4.84 Å². The molecular formula is C14H15Cl2FN4O2S. The van der Waals surface area contributed by atoms with E-state index in [0.29, 0.717) is 22.1 Å². The highest BCUT2D eigenvalue weighted by atomic mass is 35.5. The number of aromatic nitrogens is 2. The van der Waals surface area contributed by atoms with Crippen LogP contribution >= 0.6 is 34.5 Å². The largest absolute Gasteiger partial charge is 0.386 e. The van der Waals surface area contributed by atoms with Crippen molar-refractivity contribution in [2.45, 2.75) is 23.5 Å². The molecule has 0 radical (unpaired) electrons. The van der Waals surface area contributed by atoms with E-state index in [1.807, 2.05) is 0 Å². The van der Waals surface area contributed by atoms with Gasteiger partial charge in [0.25, 0.3) is 5.91 Å². The predicted octanol–water partition coefficient (Wildman–Crippen LogP) is 1.96. The van der Waals surface area contributed by atoms with Crippen molar-refractivity contribution in [1.29, 1.82) is 0 Å². The van der Waals surface area contributed by atoms with Crippen molar-refractivity contribution in [3.05, 3.63) is 34.8 Å². The number of halogens is 3. The van der Waals surface area contributed by atoms with Crippen molar-refractivity contribution in [1.82, 2.24) is 15.5 Å². The molecule has 0 saturated carbocycles. The molecule has 4 N–H and O–H groups in total. The summed E-state index contributed by atoms with van der Waals surface area (Å²) in [5, 5.41) is 21.9. The first-order chi connectivity index (χ1) is 11.5. The van der Waals surface area contributed by atoms with Gasteiger partial charge in [-0.05, 0) is 5.56 Å². The Morgan fingerprint density at radius 2 is 2.00 bits per heavy atom. The highest BCUT2D eigenvalue weighted by Crippen LogP contribution is 2.26. The molecule has 1 aromatic carbocycles. The van der Waals surface area contributed by atoms with Gasteiger partial charge in [0.1, 0.15) is 22.8 Å². The maximum atomic E-state index is 13.1. The Morgan fingerprint density at radius 3 is 2.50 bits per heavy atom. The Labute approximate surface area is 151 Å². The number of nitrogens with two attached hydrogens (primary N) is 1. The minimum absolute atomic E-state index is 0.314. The van der Waals surface area contributed by atoms with Gasteiger partial charge in [-0.15, -0.1) is 10.2 Å². The van der Waals surface area contributed by atoms with Gasteiger partial charge < -0.3 is 16.2 Å². The summed E-state index contributed by atoms with van der Waals surface area (Å²) in [6.07, 6.45) is -1.24. The van der Waals surface area contributed by atoms with Crippen molar-refractivity contribution in [2.24, 2.45) is 5.73 Å². The van der Waals surface area contributed by atoms with Crippen LogP contribution in [0, 0.1) is 0 Å². The molecule has 130 valence electrons. The summed E-state index contributed by atoms with van der Waals surface area (Å²) in [7, 11) is 0. The number of carbonyl (C=O) groups is 1. The van der Waals surface area contributed by atoms with Crippen molar-refractivity contribution in [3.8, 4) is 10.6 Å². The van der Waals surface area contributed by atoms with E-state index in [0.717, 1.165) is 5.56 Å². The number of benzene rings is 1. The summed E-state index contributed by atoms with van der Waals surface area (Å²) in [5.74, 6) is -0.764. The smallest absolute Gasteiger partial charge is 0.253 e. The van der Waals surface area contributed by atoms with Gasteiger partial charge in [-0.2, -0.15) is 0 Å². The van der Waals surface area contributed by atoms with Crippen molar-refractivity contribution < 1.29 is 14.3 Å². The third-order valence-electron chi connectivity index (χ3n) is 3.21. The molecule has 6 nitrogen and oxygen atoms in total. The summed E-state index contributed by atoms with van der Waals surface area (Å²) < 4.78 is 13.1. The van der Waals surface area contributed by atoms with E-state index >= 15 is 0 Å². The van der Waals surface area contributed by atoms with Crippen molar-refractivity contribution in [2.75, 3.05) is 6.67 Å². The Morgan fingerprint density at radius 1 is 1.33 bits per heavy atom. The molecular weight excluding hydrogens is 378 g/mol. The van der Waals surface area contributed by atoms with Crippen LogP contribution in [0.25, 0.3) is 10.6 Å². The first-order valence-electron chi connectivity index (χ1n) is 6.91. The quantitative estimate of drug-likeness (QED) is 0.625. The summed E-state index contributed by atoms with van der Waals surface area (Å²) >= 11 is 12.2. The fourth-order valence-corrected chi connectivity index (χ4v) is 2.81. The number of nitrogens with zero attached hydrogens (tertiary/aromatic N) is 2. The number of carbonyl (C=O) groups excluding carboxylic acids is 1. The van der Waals surface area contributed by atoms with Gasteiger partial charge in [-0.1, -0.05) is 58.8 Å². The standard InChI is InChI=1S/C14H15Cl2FN4O2S/c15-12(16)13(23)19-9(5-17)11(22)7-1-3-8(4-2-7)14-21-20-10(6-18)24-14/h1-4,9,11-12,22H,5-6,18H2,(H,19,23)/t9-,11-/m1/s1. The molecule has 0 aliphatic heterocycles. The van der Waals surface area contributed by atoms with Crippen LogP contribution in [0.1, 0.15) is 16.7 Å². The van der Waals surface area contributed by atoms with Crippen LogP contribution in [0.5, 0.6) is 0 Å². The second-order valence-electron chi connectivity index (χ2n) is 4.84. The topological polar surface area (TPSA) is 101 Å². The lowest BCUT2D eigenvalue weighted by Gasteiger charge is -2.22. The van der Waals surface area contributed by atoms with Crippen LogP contribution in [-0.4, -0.2) is 38.8 Å². The van der Waals surface area contributed by atoms with Gasteiger partial charge in [-0.25, -0.2) is 4.39 Å². The predicted molar refractivity (Wildman–Crippen MR) is 91.6 cm³/mol. The lowest BCUT2D eigenvalue weighted by Crippen LogP contribution is -2.43. The Hall–Kier alpha value is -1.32. The van der Waals surface area contributed by atoms with Gasteiger partial charge >= 0.3 is 0 Å².